The first-order chi connectivity index (χ1) is 11.1. The van der Waals surface area contributed by atoms with Gasteiger partial charge < -0.3 is 4.43 Å². The fourth-order valence-corrected chi connectivity index (χ4v) is 6.91. The van der Waals surface area contributed by atoms with Crippen LogP contribution in [0.3, 0.4) is 0 Å². The molecule has 0 aromatic heterocycles. The van der Waals surface area contributed by atoms with Crippen molar-refractivity contribution in [3.05, 3.63) is 53.5 Å². The van der Waals surface area contributed by atoms with Crippen molar-refractivity contribution < 1.29 is 4.43 Å². The highest BCUT2D eigenvalue weighted by Gasteiger charge is 2.33. The summed E-state index contributed by atoms with van der Waals surface area (Å²) in [5, 5.41) is 0. The van der Waals surface area contributed by atoms with Crippen molar-refractivity contribution in [1.29, 1.82) is 0 Å². The third-order valence-corrected chi connectivity index (χ3v) is 10.7. The smallest absolute Gasteiger partial charge is 0.192 e. The third kappa shape index (κ3) is 5.10. The summed E-state index contributed by atoms with van der Waals surface area (Å²) in [6.45, 7) is 9.22. The highest BCUT2D eigenvalue weighted by Crippen LogP contribution is 2.33. The van der Waals surface area contributed by atoms with Crippen LogP contribution < -0.4 is 0 Å². The van der Waals surface area contributed by atoms with Gasteiger partial charge in [0.2, 0.25) is 0 Å². The molecule has 0 saturated carbocycles. The first-order valence-corrected chi connectivity index (χ1v) is 12.3. The maximum Gasteiger partial charge on any atom is 0.192 e. The fourth-order valence-electron chi connectivity index (χ4n) is 3.06. The van der Waals surface area contributed by atoms with Crippen LogP contribution in [0.2, 0.25) is 18.1 Å². The van der Waals surface area contributed by atoms with Gasteiger partial charge in [0.15, 0.2) is 8.32 Å². The van der Waals surface area contributed by atoms with Crippen LogP contribution in [0.1, 0.15) is 34.1 Å². The number of benzene rings is 1. The van der Waals surface area contributed by atoms with E-state index in [0.717, 1.165) is 6.42 Å². The average molecular weight is 347 g/mol. The quantitative estimate of drug-likeness (QED) is 0.511. The molecule has 126 valence electrons. The summed E-state index contributed by atoms with van der Waals surface area (Å²) in [5.74, 6) is 0.483. The lowest BCUT2D eigenvalue weighted by Gasteiger charge is -2.34. The Hall–Kier alpha value is -0.773. The Kier molecular flexibility index (Phi) is 7.19. The molecule has 0 saturated heterocycles. The van der Waals surface area contributed by atoms with Crippen molar-refractivity contribution in [2.45, 2.75) is 63.2 Å². The van der Waals surface area contributed by atoms with E-state index in [9.17, 15) is 0 Å². The summed E-state index contributed by atoms with van der Waals surface area (Å²) < 4.78 is 6.75. The molecule has 0 fully saturated rings. The topological polar surface area (TPSA) is 9.23 Å². The molecule has 0 N–H and O–H groups in total. The van der Waals surface area contributed by atoms with Crippen molar-refractivity contribution in [1.82, 2.24) is 0 Å². The molecule has 1 aromatic carbocycles. The second-order valence-corrected chi connectivity index (χ2v) is 12.2. The van der Waals surface area contributed by atoms with E-state index in [0.29, 0.717) is 12.0 Å². The largest absolute Gasteiger partial charge is 0.413 e. The molecule has 0 heterocycles. The van der Waals surface area contributed by atoms with Crippen LogP contribution in [0.4, 0.5) is 0 Å². The summed E-state index contributed by atoms with van der Waals surface area (Å²) in [5.41, 5.74) is 0. The molecule has 1 nitrogen and oxygen atoms in total. The van der Waals surface area contributed by atoms with E-state index in [-0.39, 0.29) is 0 Å². The molecule has 0 unspecified atom stereocenters. The second kappa shape index (κ2) is 8.91. The normalized spacial score (nSPS) is 21.8. The second-order valence-electron chi connectivity index (χ2n) is 6.38. The Bertz CT molecular complexity index is 526. The Morgan fingerprint density at radius 3 is 2.35 bits per heavy atom. The van der Waals surface area contributed by atoms with Crippen molar-refractivity contribution >= 4 is 20.1 Å². The molecule has 1 aliphatic carbocycles. The van der Waals surface area contributed by atoms with E-state index in [1.807, 2.05) is 11.8 Å². The molecule has 23 heavy (non-hydrogen) atoms. The minimum absolute atomic E-state index is 0.339. The minimum Gasteiger partial charge on any atom is -0.413 e. The van der Waals surface area contributed by atoms with Gasteiger partial charge in [-0.3, -0.25) is 0 Å². The van der Waals surface area contributed by atoms with Gasteiger partial charge >= 0.3 is 0 Å². The van der Waals surface area contributed by atoms with Gasteiger partial charge in [0.1, 0.15) is 0 Å². The van der Waals surface area contributed by atoms with Crippen molar-refractivity contribution in [2.75, 3.05) is 0 Å². The summed E-state index contributed by atoms with van der Waals surface area (Å²) >= 11 is 1.85. The van der Waals surface area contributed by atoms with Gasteiger partial charge in [-0.2, -0.15) is 0 Å². The summed E-state index contributed by atoms with van der Waals surface area (Å²) in [7, 11) is -1.54. The average Bonchev–Trinajstić information content (AvgIpc) is 2.76. The zero-order chi connectivity index (χ0) is 16.7. The number of hydrogen-bond acceptors (Lipinski definition) is 2. The van der Waals surface area contributed by atoms with Crippen LogP contribution in [-0.2, 0) is 4.43 Å². The molecule has 2 rings (SSSR count). The number of rotatable bonds is 7. The van der Waals surface area contributed by atoms with Crippen molar-refractivity contribution in [3.63, 3.8) is 0 Å². The summed E-state index contributed by atoms with van der Waals surface area (Å²) in [6, 6.07) is 14.3. The predicted molar refractivity (Wildman–Crippen MR) is 105 cm³/mol. The summed E-state index contributed by atoms with van der Waals surface area (Å²) in [4.78, 5) is 2.64. The molecule has 2 atom stereocenters. The zero-order valence-electron chi connectivity index (χ0n) is 14.9. The van der Waals surface area contributed by atoms with E-state index in [2.05, 4.69) is 76.3 Å². The Morgan fingerprint density at radius 1 is 1.09 bits per heavy atom. The van der Waals surface area contributed by atoms with Gasteiger partial charge in [-0.05, 0) is 42.6 Å². The first-order valence-electron chi connectivity index (χ1n) is 8.91. The lowest BCUT2D eigenvalue weighted by atomic mass is 10.0. The molecule has 1 aromatic rings. The van der Waals surface area contributed by atoms with E-state index in [4.69, 9.17) is 4.43 Å². The monoisotopic (exact) mass is 346 g/mol. The van der Waals surface area contributed by atoms with E-state index in [1.54, 1.807) is 0 Å². The SMILES string of the molecule is CC[Si](CC)(CC)O[C@@H]1CC=C(Sc2ccccc2)C=C[C@@H]1C. The maximum absolute atomic E-state index is 6.75. The van der Waals surface area contributed by atoms with Crippen LogP contribution >= 0.6 is 11.8 Å². The molecule has 0 bridgehead atoms. The minimum atomic E-state index is -1.54. The van der Waals surface area contributed by atoms with Crippen LogP contribution in [0.25, 0.3) is 0 Å². The van der Waals surface area contributed by atoms with Gasteiger partial charge in [0.05, 0.1) is 6.10 Å². The lowest BCUT2D eigenvalue weighted by Crippen LogP contribution is -2.41. The molecule has 3 heteroatoms. The van der Waals surface area contributed by atoms with Gasteiger partial charge in [0.25, 0.3) is 0 Å². The summed E-state index contributed by atoms with van der Waals surface area (Å²) in [6.07, 6.45) is 8.34. The highest BCUT2D eigenvalue weighted by atomic mass is 32.2. The van der Waals surface area contributed by atoms with Gasteiger partial charge in [-0.1, -0.05) is 75.9 Å². The number of allylic oxidation sites excluding steroid dienone is 1. The third-order valence-electron chi connectivity index (χ3n) is 5.02. The van der Waals surface area contributed by atoms with Crippen LogP contribution in [-0.4, -0.2) is 14.4 Å². The first kappa shape index (κ1) is 18.6. The molecular weight excluding hydrogens is 316 g/mol. The molecule has 0 radical (unpaired) electrons. The molecule has 0 spiro atoms. The molecule has 0 amide bonds. The van der Waals surface area contributed by atoms with Gasteiger partial charge in [-0.15, -0.1) is 0 Å². The van der Waals surface area contributed by atoms with Crippen LogP contribution in [0, 0.1) is 5.92 Å². The van der Waals surface area contributed by atoms with Crippen LogP contribution in [0.5, 0.6) is 0 Å². The standard InChI is InChI=1S/C20H30OSSi/c1-5-23(6-2,7-3)21-20-16-15-19(14-13-17(20)4)22-18-11-9-8-10-12-18/h8-15,17,20H,5-7,16H2,1-4H3/t17-,20+/m0/s1. The van der Waals surface area contributed by atoms with Crippen molar-refractivity contribution in [3.8, 4) is 0 Å². The molecular formula is C20H30OSSi. The van der Waals surface area contributed by atoms with E-state index in [1.165, 1.54) is 27.9 Å². The zero-order valence-corrected chi connectivity index (χ0v) is 16.7. The Labute approximate surface area is 147 Å². The maximum atomic E-state index is 6.75. The lowest BCUT2D eigenvalue weighted by molar-refractivity contribution is 0.154. The van der Waals surface area contributed by atoms with Gasteiger partial charge in [-0.25, -0.2) is 0 Å². The predicted octanol–water partition coefficient (Wildman–Crippen LogP) is 6.65. The van der Waals surface area contributed by atoms with E-state index < -0.39 is 8.32 Å². The van der Waals surface area contributed by atoms with E-state index >= 15 is 0 Å². The van der Waals surface area contributed by atoms with Gasteiger partial charge in [0, 0.05) is 9.80 Å². The number of hydrogen-bond donors (Lipinski definition) is 0. The Balaban J connectivity index is 2.07. The molecule has 0 aliphatic heterocycles. The van der Waals surface area contributed by atoms with Crippen molar-refractivity contribution in [2.24, 2.45) is 5.92 Å². The number of thioether (sulfide) groups is 1. The van der Waals surface area contributed by atoms with Crippen LogP contribution in [0.15, 0.2) is 58.4 Å². The fraction of sp³-hybridized carbons (Fsp3) is 0.500. The highest BCUT2D eigenvalue weighted by molar-refractivity contribution is 8.03. The molecule has 1 aliphatic rings. The Morgan fingerprint density at radius 2 is 1.74 bits per heavy atom.